The van der Waals surface area contributed by atoms with Crippen LogP contribution in [0.15, 0.2) is 46.6 Å². The van der Waals surface area contributed by atoms with Gasteiger partial charge in [-0.05, 0) is 56.9 Å². The van der Waals surface area contributed by atoms with Crippen molar-refractivity contribution < 1.29 is 22.7 Å². The van der Waals surface area contributed by atoms with Gasteiger partial charge in [0.2, 0.25) is 0 Å². The van der Waals surface area contributed by atoms with Crippen molar-refractivity contribution in [1.29, 1.82) is 0 Å². The number of fused-ring (bicyclic) bond motifs is 1. The van der Waals surface area contributed by atoms with Gasteiger partial charge in [-0.15, -0.1) is 0 Å². The molecule has 21 heavy (non-hydrogen) atoms. The van der Waals surface area contributed by atoms with Gasteiger partial charge in [0.15, 0.2) is 0 Å². The van der Waals surface area contributed by atoms with Crippen LogP contribution in [-0.2, 0) is 9.53 Å². The first-order valence-electron chi connectivity index (χ1n) is 6.71. The zero-order valence-corrected chi connectivity index (χ0v) is 12.2. The number of allylic oxidation sites excluding steroid dienone is 7. The molecule has 0 radical (unpaired) electrons. The molecule has 2 nitrogen and oxygen atoms in total. The molecule has 114 valence electrons. The van der Waals surface area contributed by atoms with E-state index in [0.29, 0.717) is 24.0 Å². The number of carbonyl (C=O) groups is 1. The maximum atomic E-state index is 12.7. The number of carbonyl (C=O) groups excluding carboxylic acids is 1. The molecule has 0 aliphatic heterocycles. The van der Waals surface area contributed by atoms with Crippen LogP contribution >= 0.6 is 0 Å². The average molecular weight is 298 g/mol. The Morgan fingerprint density at radius 3 is 2.33 bits per heavy atom. The highest BCUT2D eigenvalue weighted by molar-refractivity contribution is 5.92. The van der Waals surface area contributed by atoms with E-state index in [1.807, 2.05) is 0 Å². The Balaban J connectivity index is 2.32. The maximum Gasteiger partial charge on any atom is 0.416 e. The van der Waals surface area contributed by atoms with Gasteiger partial charge in [-0.25, -0.2) is 4.79 Å². The number of hydrogen-bond acceptors (Lipinski definition) is 2. The fourth-order valence-corrected chi connectivity index (χ4v) is 2.26. The summed E-state index contributed by atoms with van der Waals surface area (Å²) >= 11 is 0. The van der Waals surface area contributed by atoms with Crippen LogP contribution in [0.2, 0.25) is 0 Å². The van der Waals surface area contributed by atoms with E-state index in [9.17, 15) is 18.0 Å². The Morgan fingerprint density at radius 1 is 1.10 bits per heavy atom. The van der Waals surface area contributed by atoms with E-state index in [1.165, 1.54) is 12.2 Å². The molecule has 0 spiro atoms. The van der Waals surface area contributed by atoms with Gasteiger partial charge in [0.25, 0.3) is 0 Å². The third-order valence-electron chi connectivity index (χ3n) is 3.18. The summed E-state index contributed by atoms with van der Waals surface area (Å²) in [5, 5.41) is 0. The van der Waals surface area contributed by atoms with Gasteiger partial charge < -0.3 is 4.74 Å². The number of rotatable bonds is 1. The molecule has 0 N–H and O–H groups in total. The molecular weight excluding hydrogens is 281 g/mol. The van der Waals surface area contributed by atoms with Gasteiger partial charge in [-0.1, -0.05) is 12.2 Å². The molecule has 0 unspecified atom stereocenters. The van der Waals surface area contributed by atoms with Gasteiger partial charge in [0.1, 0.15) is 5.60 Å². The fourth-order valence-electron chi connectivity index (χ4n) is 2.26. The molecule has 5 heteroatoms. The molecule has 0 fully saturated rings. The molecule has 0 aromatic carbocycles. The summed E-state index contributed by atoms with van der Waals surface area (Å²) in [6, 6.07) is 0. The van der Waals surface area contributed by atoms with E-state index in [2.05, 4.69) is 0 Å². The molecule has 0 saturated carbocycles. The zero-order valence-electron chi connectivity index (χ0n) is 12.2. The number of halogens is 3. The van der Waals surface area contributed by atoms with Gasteiger partial charge in [-0.3, -0.25) is 0 Å². The second-order valence-corrected chi connectivity index (χ2v) is 6.04. The van der Waals surface area contributed by atoms with Crippen LogP contribution in [0.5, 0.6) is 0 Å². The topological polar surface area (TPSA) is 26.3 Å². The molecule has 0 amide bonds. The number of esters is 1. The van der Waals surface area contributed by atoms with Crippen molar-refractivity contribution >= 4 is 5.97 Å². The second kappa shape index (κ2) is 5.20. The summed E-state index contributed by atoms with van der Waals surface area (Å²) in [4.78, 5) is 12.1. The van der Waals surface area contributed by atoms with Crippen molar-refractivity contribution in [3.8, 4) is 0 Å². The van der Waals surface area contributed by atoms with Crippen LogP contribution in [0.25, 0.3) is 0 Å². The monoisotopic (exact) mass is 298 g/mol. The van der Waals surface area contributed by atoms with E-state index in [-0.39, 0.29) is 0 Å². The molecule has 2 aliphatic rings. The molecule has 0 aromatic rings. The quantitative estimate of drug-likeness (QED) is 0.671. The Hall–Kier alpha value is -1.78. The van der Waals surface area contributed by atoms with Crippen molar-refractivity contribution in [2.75, 3.05) is 0 Å². The molecule has 0 heterocycles. The van der Waals surface area contributed by atoms with Gasteiger partial charge >= 0.3 is 12.1 Å². The van der Waals surface area contributed by atoms with Crippen LogP contribution in [0, 0.1) is 0 Å². The first-order chi connectivity index (χ1) is 9.58. The minimum atomic E-state index is -4.39. The molecule has 0 atom stereocenters. The first kappa shape index (κ1) is 15.6. The lowest BCUT2D eigenvalue weighted by Crippen LogP contribution is -2.24. The Morgan fingerprint density at radius 2 is 1.76 bits per heavy atom. The van der Waals surface area contributed by atoms with E-state index < -0.39 is 23.3 Å². The van der Waals surface area contributed by atoms with E-state index in [4.69, 9.17) is 4.74 Å². The minimum absolute atomic E-state index is 0.448. The standard InChI is InChI=1S/C16H17F3O2/c1-15(2,3)21-14(20)13-8-5-10-4-6-11(16(17,18)19)7-9-12(10)13/h4,6-7,9H,5,8H2,1-3H3. The molecule has 0 saturated heterocycles. The SMILES string of the molecule is CC(C)(C)OC(=O)C1=C2C=CC(C(F)(F)F)=CC=C2CC1. The lowest BCUT2D eigenvalue weighted by molar-refractivity contribution is -0.150. The van der Waals surface area contributed by atoms with Crippen LogP contribution in [0.3, 0.4) is 0 Å². The Kier molecular flexibility index (Phi) is 3.87. The van der Waals surface area contributed by atoms with Crippen molar-refractivity contribution in [3.05, 3.63) is 46.6 Å². The highest BCUT2D eigenvalue weighted by Crippen LogP contribution is 2.37. The highest BCUT2D eigenvalue weighted by atomic mass is 19.4. The van der Waals surface area contributed by atoms with Crippen LogP contribution in [-0.4, -0.2) is 17.7 Å². The predicted octanol–water partition coefficient (Wildman–Crippen LogP) is 4.40. The fraction of sp³-hybridized carbons (Fsp3) is 0.438. The van der Waals surface area contributed by atoms with E-state index in [0.717, 1.165) is 17.7 Å². The number of alkyl halides is 3. The zero-order chi connectivity index (χ0) is 15.8. The molecule has 2 rings (SSSR count). The number of ether oxygens (including phenoxy) is 1. The molecule has 0 aromatic heterocycles. The summed E-state index contributed by atoms with van der Waals surface area (Å²) in [5.74, 6) is -0.457. The second-order valence-electron chi connectivity index (χ2n) is 6.04. The average Bonchev–Trinajstić information content (AvgIpc) is 2.57. The predicted molar refractivity (Wildman–Crippen MR) is 73.5 cm³/mol. The molecule has 0 bridgehead atoms. The lowest BCUT2D eigenvalue weighted by Gasteiger charge is -2.20. The number of hydrogen-bond donors (Lipinski definition) is 0. The summed E-state index contributed by atoms with van der Waals surface area (Å²) in [6.45, 7) is 5.27. The largest absolute Gasteiger partial charge is 0.457 e. The normalized spacial score (nSPS) is 19.0. The Labute approximate surface area is 121 Å². The molecule has 2 aliphatic carbocycles. The summed E-state index contributed by atoms with van der Waals surface area (Å²) in [6.07, 6.45) is 1.52. The van der Waals surface area contributed by atoms with Crippen LogP contribution in [0.1, 0.15) is 33.6 Å². The maximum absolute atomic E-state index is 12.7. The lowest BCUT2D eigenvalue weighted by atomic mass is 10.1. The van der Waals surface area contributed by atoms with E-state index in [1.54, 1.807) is 20.8 Å². The van der Waals surface area contributed by atoms with Gasteiger partial charge in [-0.2, -0.15) is 13.2 Å². The van der Waals surface area contributed by atoms with Crippen LogP contribution in [0.4, 0.5) is 13.2 Å². The van der Waals surface area contributed by atoms with E-state index >= 15 is 0 Å². The van der Waals surface area contributed by atoms with Gasteiger partial charge in [0, 0.05) is 5.57 Å². The van der Waals surface area contributed by atoms with Crippen molar-refractivity contribution in [3.63, 3.8) is 0 Å². The highest BCUT2D eigenvalue weighted by Gasteiger charge is 2.33. The van der Waals surface area contributed by atoms with Crippen molar-refractivity contribution in [1.82, 2.24) is 0 Å². The summed E-state index contributed by atoms with van der Waals surface area (Å²) in [7, 11) is 0. The van der Waals surface area contributed by atoms with Crippen molar-refractivity contribution in [2.45, 2.75) is 45.4 Å². The third-order valence-corrected chi connectivity index (χ3v) is 3.18. The summed E-state index contributed by atoms with van der Waals surface area (Å²) in [5.41, 5.74) is 0.400. The van der Waals surface area contributed by atoms with Gasteiger partial charge in [0.05, 0.1) is 5.57 Å². The smallest absolute Gasteiger partial charge is 0.416 e. The minimum Gasteiger partial charge on any atom is -0.457 e. The van der Waals surface area contributed by atoms with Crippen LogP contribution < -0.4 is 0 Å². The third kappa shape index (κ3) is 3.65. The summed E-state index contributed by atoms with van der Waals surface area (Å²) < 4.78 is 43.5. The van der Waals surface area contributed by atoms with Crippen molar-refractivity contribution in [2.24, 2.45) is 0 Å². The first-order valence-corrected chi connectivity index (χ1v) is 6.71. The Bertz CT molecular complexity index is 582. The molecular formula is C16H17F3O2.